The normalized spacial score (nSPS) is 49.7. The molecule has 0 radical (unpaired) electrons. The largest absolute Gasteiger partial charge is 0.459 e. The summed E-state index contributed by atoms with van der Waals surface area (Å²) in [5.74, 6) is -4.98. The standard InChI is InChI=1S/C37H67NO13/c1-14-25-37(10,45)30(41)20(4)27(39)18(2)16-35(8,44)32(51-34-28(40)24(38(11)12)15-19(3)47-34)21(5)29(22(6)33(43)49-25)50-26-17-36(9,46-13)31(42)23(7)48-26/h18-26,28-32,34,40-42,44-45H,14-17H2,1-13H3/t18-,19+,20+,21+,22-,23-,24-,25-,26+,28+,29+,30-,31+,32-,34+,35-,36-,37-/m1/s1. The lowest BCUT2D eigenvalue weighted by atomic mass is 9.74. The molecule has 3 rings (SSSR count). The number of esters is 1. The lowest BCUT2D eigenvalue weighted by molar-refractivity contribution is -0.318. The molecule has 298 valence electrons. The van der Waals surface area contributed by atoms with Crippen LogP contribution in [0.4, 0.5) is 0 Å². The third kappa shape index (κ3) is 9.51. The monoisotopic (exact) mass is 733 g/mol. The Morgan fingerprint density at radius 2 is 1.49 bits per heavy atom. The molecule has 0 spiro atoms. The number of likely N-dealkylation sites (N-methyl/N-ethyl adjacent to an activating group) is 1. The van der Waals surface area contributed by atoms with Gasteiger partial charge in [-0.25, -0.2) is 0 Å². The Kier molecular flexibility index (Phi) is 14.7. The Hall–Kier alpha value is -1.30. The number of rotatable bonds is 7. The van der Waals surface area contributed by atoms with Crippen LogP contribution in [-0.4, -0.2) is 148 Å². The Balaban J connectivity index is 2.18. The van der Waals surface area contributed by atoms with Crippen LogP contribution in [0.1, 0.15) is 94.9 Å². The fourth-order valence-electron chi connectivity index (χ4n) is 8.41. The first-order valence-electron chi connectivity index (χ1n) is 18.5. The molecule has 0 aromatic carbocycles. The van der Waals surface area contributed by atoms with Gasteiger partial charge in [-0.1, -0.05) is 27.7 Å². The van der Waals surface area contributed by atoms with E-state index in [9.17, 15) is 35.1 Å². The highest BCUT2D eigenvalue weighted by atomic mass is 16.7. The lowest BCUT2D eigenvalue weighted by Gasteiger charge is -2.49. The first kappa shape index (κ1) is 44.1. The van der Waals surface area contributed by atoms with Gasteiger partial charge in [0.1, 0.15) is 29.7 Å². The van der Waals surface area contributed by atoms with Gasteiger partial charge in [0.15, 0.2) is 12.6 Å². The van der Waals surface area contributed by atoms with Gasteiger partial charge in [-0.2, -0.15) is 0 Å². The summed E-state index contributed by atoms with van der Waals surface area (Å²) >= 11 is 0. The van der Waals surface area contributed by atoms with Gasteiger partial charge in [0.05, 0.1) is 47.6 Å². The second-order valence-corrected chi connectivity index (χ2v) is 16.5. The second-order valence-electron chi connectivity index (χ2n) is 16.5. The van der Waals surface area contributed by atoms with Crippen LogP contribution in [0.3, 0.4) is 0 Å². The van der Waals surface area contributed by atoms with Crippen LogP contribution in [0.2, 0.25) is 0 Å². The lowest BCUT2D eigenvalue weighted by Crippen LogP contribution is -2.61. The average molecular weight is 734 g/mol. The SMILES string of the molecule is CC[C@H]1OC(=O)[C@H](C)[C@@H](O[C@H]2C[C@@](C)(OC)[C@@H](O)[C@@H](C)O2)[C@H](C)[C@@H](O[C@@H]2O[C@@H](C)C[C@@H](N(C)C)[C@@H]2O)[C@](C)(O)C[C@@H](C)C(=O)[C@H](C)[C@@H](O)[C@]1(C)O. The van der Waals surface area contributed by atoms with E-state index >= 15 is 0 Å². The molecule has 3 heterocycles. The molecule has 5 N–H and O–H groups in total. The number of aliphatic hydroxyl groups excluding tert-OH is 3. The molecule has 3 fully saturated rings. The summed E-state index contributed by atoms with van der Waals surface area (Å²) < 4.78 is 37.1. The van der Waals surface area contributed by atoms with Gasteiger partial charge in [-0.15, -0.1) is 0 Å². The summed E-state index contributed by atoms with van der Waals surface area (Å²) in [4.78, 5) is 29.8. The average Bonchev–Trinajstić information content (AvgIpc) is 3.05. The highest BCUT2D eigenvalue weighted by Gasteiger charge is 2.53. The minimum Gasteiger partial charge on any atom is -0.459 e. The van der Waals surface area contributed by atoms with Crippen molar-refractivity contribution in [2.45, 2.75) is 179 Å². The molecule has 0 aromatic rings. The van der Waals surface area contributed by atoms with E-state index in [1.165, 1.54) is 27.9 Å². The van der Waals surface area contributed by atoms with Crippen LogP contribution in [-0.2, 0) is 38.0 Å². The predicted molar refractivity (Wildman–Crippen MR) is 186 cm³/mol. The van der Waals surface area contributed by atoms with E-state index in [4.69, 9.17) is 28.4 Å². The molecule has 14 heteroatoms. The molecule has 0 aliphatic carbocycles. The van der Waals surface area contributed by atoms with Crippen molar-refractivity contribution in [2.24, 2.45) is 23.7 Å². The van der Waals surface area contributed by atoms with Gasteiger partial charge in [-0.3, -0.25) is 9.59 Å². The number of ether oxygens (including phenoxy) is 6. The van der Waals surface area contributed by atoms with Crippen LogP contribution in [0, 0.1) is 23.7 Å². The number of aliphatic hydroxyl groups is 5. The fourth-order valence-corrected chi connectivity index (χ4v) is 8.41. The van der Waals surface area contributed by atoms with E-state index in [-0.39, 0.29) is 31.4 Å². The summed E-state index contributed by atoms with van der Waals surface area (Å²) in [7, 11) is 5.18. The van der Waals surface area contributed by atoms with E-state index in [2.05, 4.69) is 0 Å². The first-order chi connectivity index (χ1) is 23.4. The maximum atomic E-state index is 14.1. The molecule has 0 bridgehead atoms. The third-order valence-corrected chi connectivity index (χ3v) is 11.8. The van der Waals surface area contributed by atoms with Gasteiger partial charge in [-0.05, 0) is 74.9 Å². The van der Waals surface area contributed by atoms with Crippen LogP contribution in [0.25, 0.3) is 0 Å². The van der Waals surface area contributed by atoms with Gasteiger partial charge in [0, 0.05) is 37.3 Å². The highest BCUT2D eigenvalue weighted by molar-refractivity contribution is 5.83. The summed E-state index contributed by atoms with van der Waals surface area (Å²) in [6.07, 6.45) is -9.71. The van der Waals surface area contributed by atoms with E-state index < -0.39 is 108 Å². The zero-order chi connectivity index (χ0) is 39.0. The molecule has 3 aliphatic heterocycles. The minimum atomic E-state index is -1.99. The Labute approximate surface area is 304 Å². The van der Waals surface area contributed by atoms with Crippen LogP contribution in [0.5, 0.6) is 0 Å². The van der Waals surface area contributed by atoms with Gasteiger partial charge < -0.3 is 58.9 Å². The van der Waals surface area contributed by atoms with Crippen molar-refractivity contribution in [3.8, 4) is 0 Å². The van der Waals surface area contributed by atoms with Crippen LogP contribution >= 0.6 is 0 Å². The number of hydrogen-bond acceptors (Lipinski definition) is 14. The van der Waals surface area contributed by atoms with E-state index in [1.54, 1.807) is 41.5 Å². The van der Waals surface area contributed by atoms with Crippen molar-refractivity contribution >= 4 is 11.8 Å². The van der Waals surface area contributed by atoms with Crippen LogP contribution < -0.4 is 0 Å². The summed E-state index contributed by atoms with van der Waals surface area (Å²) in [5, 5.41) is 57.6. The predicted octanol–water partition coefficient (Wildman–Crippen LogP) is 1.79. The number of ketones is 1. The topological polar surface area (TPSA) is 194 Å². The minimum absolute atomic E-state index is 0.0936. The van der Waals surface area contributed by atoms with Gasteiger partial charge in [0.25, 0.3) is 0 Å². The first-order valence-corrected chi connectivity index (χ1v) is 18.5. The van der Waals surface area contributed by atoms with E-state index in [1.807, 2.05) is 25.9 Å². The number of Topliss-reactive ketones (excluding diaryl/α,β-unsaturated/α-hetero) is 1. The molecular formula is C37H67NO13. The van der Waals surface area contributed by atoms with Crippen molar-refractivity contribution < 1.29 is 63.5 Å². The highest BCUT2D eigenvalue weighted by Crippen LogP contribution is 2.40. The van der Waals surface area contributed by atoms with Crippen molar-refractivity contribution in [3.63, 3.8) is 0 Å². The summed E-state index contributed by atoms with van der Waals surface area (Å²) in [5.41, 5.74) is -4.84. The number of nitrogens with zero attached hydrogens (tertiary/aromatic N) is 1. The van der Waals surface area contributed by atoms with Gasteiger partial charge in [0.2, 0.25) is 0 Å². The smallest absolute Gasteiger partial charge is 0.311 e. The van der Waals surface area contributed by atoms with Crippen molar-refractivity contribution in [1.29, 1.82) is 0 Å². The Morgan fingerprint density at radius 1 is 0.882 bits per heavy atom. The molecule has 0 amide bonds. The molecule has 0 unspecified atom stereocenters. The molecular weight excluding hydrogens is 666 g/mol. The van der Waals surface area contributed by atoms with E-state index in [0.717, 1.165) is 0 Å². The fraction of sp³-hybridized carbons (Fsp3) is 0.946. The molecule has 18 atom stereocenters. The maximum Gasteiger partial charge on any atom is 0.311 e. The molecule has 0 saturated carbocycles. The molecule has 3 saturated heterocycles. The van der Waals surface area contributed by atoms with Crippen molar-refractivity contribution in [1.82, 2.24) is 4.90 Å². The number of carbonyl (C=O) groups excluding carboxylic acids is 2. The van der Waals surface area contributed by atoms with Crippen LogP contribution in [0.15, 0.2) is 0 Å². The number of carbonyl (C=O) groups is 2. The molecule has 14 nitrogen and oxygen atoms in total. The Bertz CT molecular complexity index is 1170. The zero-order valence-corrected chi connectivity index (χ0v) is 32.9. The third-order valence-electron chi connectivity index (χ3n) is 11.8. The maximum absolute atomic E-state index is 14.1. The van der Waals surface area contributed by atoms with Crippen molar-refractivity contribution in [2.75, 3.05) is 21.2 Å². The zero-order valence-electron chi connectivity index (χ0n) is 32.9. The molecule has 3 aliphatic rings. The Morgan fingerprint density at radius 3 is 2.04 bits per heavy atom. The number of cyclic esters (lactones) is 1. The van der Waals surface area contributed by atoms with E-state index in [0.29, 0.717) is 6.42 Å². The molecule has 51 heavy (non-hydrogen) atoms. The van der Waals surface area contributed by atoms with Crippen molar-refractivity contribution in [3.05, 3.63) is 0 Å². The quantitative estimate of drug-likeness (QED) is 0.238. The number of methoxy groups -OCH3 is 1. The summed E-state index contributed by atoms with van der Waals surface area (Å²) in [6.45, 7) is 16.3. The molecule has 0 aromatic heterocycles. The second kappa shape index (κ2) is 17.0. The number of hydrogen-bond donors (Lipinski definition) is 5. The summed E-state index contributed by atoms with van der Waals surface area (Å²) in [6, 6.07) is -0.324. The van der Waals surface area contributed by atoms with Gasteiger partial charge >= 0.3 is 5.97 Å².